The van der Waals surface area contributed by atoms with Crippen LogP contribution in [0.2, 0.25) is 5.02 Å². The number of rotatable bonds is 8. The van der Waals surface area contributed by atoms with Gasteiger partial charge in [-0.3, -0.25) is 0 Å². The molecule has 0 aliphatic rings. The van der Waals surface area contributed by atoms with Crippen LogP contribution in [0.1, 0.15) is 17.4 Å². The minimum absolute atomic E-state index is 0.388. The number of halogens is 1. The van der Waals surface area contributed by atoms with Gasteiger partial charge in [-0.15, -0.1) is 10.2 Å². The first kappa shape index (κ1) is 20.6. The van der Waals surface area contributed by atoms with E-state index in [0.717, 1.165) is 11.3 Å². The van der Waals surface area contributed by atoms with E-state index in [0.29, 0.717) is 36.0 Å². The molecule has 0 aliphatic heterocycles. The van der Waals surface area contributed by atoms with Crippen molar-refractivity contribution >= 4 is 23.3 Å². The maximum Gasteiger partial charge on any atom is 0.319 e. The summed E-state index contributed by atoms with van der Waals surface area (Å²) in [5.74, 6) is 1.16. The molecule has 0 spiro atoms. The van der Waals surface area contributed by atoms with Crippen molar-refractivity contribution in [2.45, 2.75) is 19.0 Å². The molecule has 29 heavy (non-hydrogen) atoms. The summed E-state index contributed by atoms with van der Waals surface area (Å²) >= 11 is 5.88. The number of carbonyl (C=O) groups is 1. The average molecular weight is 416 g/mol. The predicted octanol–water partition coefficient (Wildman–Crippen LogP) is 2.40. The topological polar surface area (TPSA) is 120 Å². The molecule has 10 heteroatoms. The van der Waals surface area contributed by atoms with Gasteiger partial charge < -0.3 is 21.1 Å². The highest BCUT2D eigenvalue weighted by molar-refractivity contribution is 6.30. The molecule has 2 aromatic carbocycles. The smallest absolute Gasteiger partial charge is 0.319 e. The molecule has 3 aromatic rings. The lowest BCUT2D eigenvalue weighted by Crippen LogP contribution is -2.34. The number of hydrogen-bond acceptors (Lipinski definition) is 6. The molecule has 0 bridgehead atoms. The number of carbonyl (C=O) groups excluding carboxylic acids is 1. The Bertz CT molecular complexity index is 928. The van der Waals surface area contributed by atoms with E-state index in [4.69, 9.17) is 22.1 Å². The van der Waals surface area contributed by atoms with Crippen molar-refractivity contribution in [2.75, 3.05) is 19.0 Å². The summed E-state index contributed by atoms with van der Waals surface area (Å²) in [5.41, 5.74) is 7.15. The van der Waals surface area contributed by atoms with Crippen LogP contribution in [0.4, 0.5) is 10.5 Å². The number of anilines is 1. The van der Waals surface area contributed by atoms with Crippen molar-refractivity contribution in [2.24, 2.45) is 5.73 Å². The van der Waals surface area contributed by atoms with Crippen molar-refractivity contribution in [3.8, 4) is 5.75 Å². The van der Waals surface area contributed by atoms with Gasteiger partial charge >= 0.3 is 6.03 Å². The molecule has 0 saturated heterocycles. The number of nitrogens with two attached hydrogens (primary N) is 1. The number of benzene rings is 2. The van der Waals surface area contributed by atoms with Crippen LogP contribution >= 0.6 is 11.6 Å². The Morgan fingerprint density at radius 1 is 1.21 bits per heavy atom. The number of nitrogens with zero attached hydrogens (tertiary/aromatic N) is 4. The molecule has 1 unspecified atom stereocenters. The number of nitrogens with one attached hydrogen (secondary N) is 2. The van der Waals surface area contributed by atoms with Gasteiger partial charge in [-0.1, -0.05) is 23.7 Å². The quantitative estimate of drug-likeness (QED) is 0.519. The molecule has 0 radical (unpaired) electrons. The van der Waals surface area contributed by atoms with E-state index in [1.807, 2.05) is 24.3 Å². The lowest BCUT2D eigenvalue weighted by atomic mass is 10.1. The van der Waals surface area contributed by atoms with Gasteiger partial charge in [0.1, 0.15) is 5.75 Å². The minimum Gasteiger partial charge on any atom is -0.497 e. The zero-order valence-corrected chi connectivity index (χ0v) is 16.6. The van der Waals surface area contributed by atoms with Crippen molar-refractivity contribution < 1.29 is 9.53 Å². The second-order valence-corrected chi connectivity index (χ2v) is 6.68. The summed E-state index contributed by atoms with van der Waals surface area (Å²) in [5, 5.41) is 18.7. The Labute approximate surface area is 173 Å². The van der Waals surface area contributed by atoms with Crippen molar-refractivity contribution in [3.05, 3.63) is 64.9 Å². The van der Waals surface area contributed by atoms with Gasteiger partial charge in [0.25, 0.3) is 0 Å². The number of ether oxygens (including phenoxy) is 1. The summed E-state index contributed by atoms with van der Waals surface area (Å²) in [7, 11) is 1.61. The number of urea groups is 1. The second-order valence-electron chi connectivity index (χ2n) is 6.24. The van der Waals surface area contributed by atoms with Crippen molar-refractivity contribution in [1.82, 2.24) is 25.5 Å². The first-order valence-corrected chi connectivity index (χ1v) is 9.39. The molecular formula is C19H22ClN7O2. The normalized spacial score (nSPS) is 11.7. The molecule has 0 fully saturated rings. The van der Waals surface area contributed by atoms with Gasteiger partial charge in [0.2, 0.25) is 0 Å². The predicted molar refractivity (Wildman–Crippen MR) is 110 cm³/mol. The molecule has 0 saturated carbocycles. The van der Waals surface area contributed by atoms with Crippen LogP contribution in [0, 0.1) is 0 Å². The molecular weight excluding hydrogens is 394 g/mol. The first-order chi connectivity index (χ1) is 14.1. The zero-order chi connectivity index (χ0) is 20.6. The molecule has 9 nitrogen and oxygen atoms in total. The van der Waals surface area contributed by atoms with Gasteiger partial charge in [0, 0.05) is 23.7 Å². The third-order valence-corrected chi connectivity index (χ3v) is 4.37. The molecule has 152 valence electrons. The van der Waals surface area contributed by atoms with E-state index in [2.05, 4.69) is 26.0 Å². The average Bonchev–Trinajstić information content (AvgIpc) is 3.19. The van der Waals surface area contributed by atoms with Crippen molar-refractivity contribution in [1.29, 1.82) is 0 Å². The molecule has 1 aromatic heterocycles. The fourth-order valence-electron chi connectivity index (χ4n) is 2.67. The molecule has 1 heterocycles. The van der Waals surface area contributed by atoms with Crippen molar-refractivity contribution in [3.63, 3.8) is 0 Å². The van der Waals surface area contributed by atoms with Gasteiger partial charge in [0.05, 0.1) is 19.7 Å². The number of methoxy groups -OCH3 is 1. The lowest BCUT2D eigenvalue weighted by Gasteiger charge is -2.16. The Kier molecular flexibility index (Phi) is 6.99. The van der Waals surface area contributed by atoms with E-state index in [-0.39, 0.29) is 6.03 Å². The summed E-state index contributed by atoms with van der Waals surface area (Å²) in [6.07, 6.45) is 0.479. The Balaban J connectivity index is 1.75. The molecule has 0 aliphatic carbocycles. The summed E-state index contributed by atoms with van der Waals surface area (Å²) in [4.78, 5) is 13.9. The minimum atomic E-state index is -0.484. The fraction of sp³-hybridized carbons (Fsp3) is 0.263. The summed E-state index contributed by atoms with van der Waals surface area (Å²) in [6, 6.07) is 13.5. The highest BCUT2D eigenvalue weighted by Gasteiger charge is 2.21. The standard InChI is InChI=1S/C19H22ClN7O2/c1-29-16-8-2-13(3-9-16)12-17(18-24-26-27(25-18)11-10-21)23-19(28)22-15-6-4-14(20)5-7-15/h2-9,17H,10-12,21H2,1H3,(H2,22,23,28). The third-order valence-electron chi connectivity index (χ3n) is 4.12. The zero-order valence-electron chi connectivity index (χ0n) is 15.9. The van der Waals surface area contributed by atoms with Gasteiger partial charge in [0.15, 0.2) is 5.82 Å². The van der Waals surface area contributed by atoms with Crippen LogP contribution < -0.4 is 21.1 Å². The molecule has 4 N–H and O–H groups in total. The van der Waals surface area contributed by atoms with Crippen LogP contribution in [0.5, 0.6) is 5.75 Å². The van der Waals surface area contributed by atoms with Crippen LogP contribution in [-0.4, -0.2) is 39.9 Å². The fourth-order valence-corrected chi connectivity index (χ4v) is 2.79. The van der Waals surface area contributed by atoms with E-state index in [1.54, 1.807) is 31.4 Å². The Hall–Kier alpha value is -3.17. The summed E-state index contributed by atoms with van der Waals surface area (Å²) in [6.45, 7) is 0.836. The van der Waals surface area contributed by atoms with E-state index in [9.17, 15) is 4.79 Å². The van der Waals surface area contributed by atoms with Gasteiger partial charge in [-0.25, -0.2) is 4.79 Å². The lowest BCUT2D eigenvalue weighted by molar-refractivity contribution is 0.248. The number of amides is 2. The highest BCUT2D eigenvalue weighted by Crippen LogP contribution is 2.19. The number of hydrogen-bond donors (Lipinski definition) is 3. The Morgan fingerprint density at radius 2 is 1.93 bits per heavy atom. The van der Waals surface area contributed by atoms with E-state index in [1.165, 1.54) is 4.80 Å². The van der Waals surface area contributed by atoms with Crippen LogP contribution in [0.15, 0.2) is 48.5 Å². The van der Waals surface area contributed by atoms with Gasteiger partial charge in [-0.2, -0.15) is 4.80 Å². The van der Waals surface area contributed by atoms with E-state index < -0.39 is 6.04 Å². The Morgan fingerprint density at radius 3 is 2.59 bits per heavy atom. The molecule has 2 amide bonds. The molecule has 1 atom stereocenters. The first-order valence-electron chi connectivity index (χ1n) is 9.01. The number of tetrazole rings is 1. The largest absolute Gasteiger partial charge is 0.497 e. The van der Waals surface area contributed by atoms with Crippen LogP contribution in [0.3, 0.4) is 0 Å². The molecule has 3 rings (SSSR count). The highest BCUT2D eigenvalue weighted by atomic mass is 35.5. The van der Waals surface area contributed by atoms with E-state index >= 15 is 0 Å². The van der Waals surface area contributed by atoms with Crippen LogP contribution in [-0.2, 0) is 13.0 Å². The summed E-state index contributed by atoms with van der Waals surface area (Å²) < 4.78 is 5.19. The maximum atomic E-state index is 12.5. The monoisotopic (exact) mass is 415 g/mol. The van der Waals surface area contributed by atoms with Gasteiger partial charge in [-0.05, 0) is 47.2 Å². The maximum absolute atomic E-state index is 12.5. The third kappa shape index (κ3) is 5.90. The second kappa shape index (κ2) is 9.85. The van der Waals surface area contributed by atoms with Crippen LogP contribution in [0.25, 0.3) is 0 Å². The number of aromatic nitrogens is 4. The SMILES string of the molecule is COc1ccc(CC(NC(=O)Nc2ccc(Cl)cc2)c2nnn(CCN)n2)cc1.